The van der Waals surface area contributed by atoms with Crippen molar-refractivity contribution >= 4 is 21.6 Å². The Morgan fingerprint density at radius 2 is 1.67 bits per heavy atom. The highest BCUT2D eigenvalue weighted by Crippen LogP contribution is 2.52. The second kappa shape index (κ2) is 4.44. The van der Waals surface area contributed by atoms with Crippen molar-refractivity contribution in [1.29, 1.82) is 0 Å². The lowest BCUT2D eigenvalue weighted by Crippen LogP contribution is -2.35. The van der Waals surface area contributed by atoms with Gasteiger partial charge in [0.2, 0.25) is 5.28 Å². The van der Waals surface area contributed by atoms with Gasteiger partial charge in [0.15, 0.2) is 5.03 Å². The monoisotopic (exact) mass is 332 g/mol. The minimum Gasteiger partial charge on any atom is -0.308 e. The molecule has 0 saturated carbocycles. The molecule has 3 rings (SSSR count). The van der Waals surface area contributed by atoms with Gasteiger partial charge in [-0.3, -0.25) is 0 Å². The molecule has 21 heavy (non-hydrogen) atoms. The summed E-state index contributed by atoms with van der Waals surface area (Å²) in [4.78, 5) is 6.17. The van der Waals surface area contributed by atoms with Crippen LogP contribution in [0.4, 0.5) is 0 Å². The molecule has 1 aromatic rings. The molecule has 0 spiro atoms. The quantitative estimate of drug-likeness (QED) is 0.812. The molecule has 2 aliphatic heterocycles. The van der Waals surface area contributed by atoms with Crippen molar-refractivity contribution in [3.05, 3.63) is 11.5 Å². The number of hydrogen-bond acceptors (Lipinski definition) is 4. The van der Waals surface area contributed by atoms with E-state index < -0.39 is 10.0 Å². The summed E-state index contributed by atoms with van der Waals surface area (Å²) < 4.78 is 28.7. The van der Waals surface area contributed by atoms with Gasteiger partial charge in [0.1, 0.15) is 0 Å². The van der Waals surface area contributed by atoms with Crippen molar-refractivity contribution in [3.8, 4) is 0 Å². The standard InChI is InChI=1S/C13H21ClN4O2S/c1-12-6-16(3)7-13(12,2)9-18(8-12)21(19,20)10-5-15-11(14)17(10)4/h5H,6-9H2,1-4H3/t12-,13-/m1/s1. The molecule has 2 saturated heterocycles. The summed E-state index contributed by atoms with van der Waals surface area (Å²) >= 11 is 5.87. The molecule has 2 atom stereocenters. The van der Waals surface area contributed by atoms with Gasteiger partial charge in [0.25, 0.3) is 10.0 Å². The number of imidazole rings is 1. The van der Waals surface area contributed by atoms with Crippen LogP contribution in [0.25, 0.3) is 0 Å². The van der Waals surface area contributed by atoms with Crippen LogP contribution in [-0.4, -0.2) is 60.4 Å². The molecular weight excluding hydrogens is 312 g/mol. The van der Waals surface area contributed by atoms with E-state index in [1.807, 2.05) is 0 Å². The SMILES string of the molecule is CN1C[C@]2(C)CN(S(=O)(=O)c3cnc(Cl)n3C)C[C@@]2(C)C1. The van der Waals surface area contributed by atoms with E-state index in [0.29, 0.717) is 13.1 Å². The third-order valence-corrected chi connectivity index (χ3v) is 7.44. The van der Waals surface area contributed by atoms with E-state index >= 15 is 0 Å². The van der Waals surface area contributed by atoms with Crippen LogP contribution in [0.2, 0.25) is 5.28 Å². The number of likely N-dealkylation sites (tertiary alicyclic amines) is 1. The largest absolute Gasteiger partial charge is 0.308 e. The summed E-state index contributed by atoms with van der Waals surface area (Å²) in [6.07, 6.45) is 1.34. The Kier molecular flexibility index (Phi) is 3.23. The van der Waals surface area contributed by atoms with E-state index in [0.717, 1.165) is 13.1 Å². The first-order chi connectivity index (χ1) is 9.59. The van der Waals surface area contributed by atoms with Gasteiger partial charge < -0.3 is 9.47 Å². The van der Waals surface area contributed by atoms with Crippen molar-refractivity contribution in [1.82, 2.24) is 18.8 Å². The molecule has 2 fully saturated rings. The summed E-state index contributed by atoms with van der Waals surface area (Å²) in [5, 5.41) is 0.346. The number of rotatable bonds is 2. The molecule has 0 aromatic carbocycles. The van der Waals surface area contributed by atoms with Crippen LogP contribution in [0.15, 0.2) is 11.2 Å². The van der Waals surface area contributed by atoms with Crippen LogP contribution in [0.3, 0.4) is 0 Å². The third kappa shape index (κ3) is 2.05. The Balaban J connectivity index is 1.96. The zero-order chi connectivity index (χ0) is 15.6. The number of fused-ring (bicyclic) bond motifs is 1. The van der Waals surface area contributed by atoms with Crippen molar-refractivity contribution in [2.24, 2.45) is 17.9 Å². The minimum atomic E-state index is -3.55. The van der Waals surface area contributed by atoms with Crippen LogP contribution in [0, 0.1) is 10.8 Å². The van der Waals surface area contributed by atoms with Crippen LogP contribution in [-0.2, 0) is 17.1 Å². The Labute approximate surface area is 130 Å². The highest BCUT2D eigenvalue weighted by Gasteiger charge is 2.59. The lowest BCUT2D eigenvalue weighted by molar-refractivity contribution is 0.212. The fraction of sp³-hybridized carbons (Fsp3) is 0.769. The molecule has 8 heteroatoms. The molecular formula is C13H21ClN4O2S. The van der Waals surface area contributed by atoms with Gasteiger partial charge in [-0.25, -0.2) is 13.4 Å². The lowest BCUT2D eigenvalue weighted by atomic mass is 9.71. The molecule has 0 unspecified atom stereocenters. The smallest absolute Gasteiger partial charge is 0.260 e. The normalized spacial score (nSPS) is 34.5. The van der Waals surface area contributed by atoms with Crippen molar-refractivity contribution in [3.63, 3.8) is 0 Å². The van der Waals surface area contributed by atoms with E-state index in [-0.39, 0.29) is 21.1 Å². The summed E-state index contributed by atoms with van der Waals surface area (Å²) in [6.45, 7) is 7.28. The van der Waals surface area contributed by atoms with Crippen LogP contribution in [0.1, 0.15) is 13.8 Å². The van der Waals surface area contributed by atoms with Gasteiger partial charge in [0.05, 0.1) is 6.20 Å². The predicted molar refractivity (Wildman–Crippen MR) is 80.7 cm³/mol. The molecule has 2 aliphatic rings. The van der Waals surface area contributed by atoms with Crippen molar-refractivity contribution in [2.45, 2.75) is 18.9 Å². The molecule has 0 amide bonds. The van der Waals surface area contributed by atoms with Gasteiger partial charge in [-0.2, -0.15) is 4.31 Å². The first kappa shape index (κ1) is 15.3. The van der Waals surface area contributed by atoms with Gasteiger partial charge in [-0.1, -0.05) is 13.8 Å². The molecule has 0 N–H and O–H groups in total. The summed E-state index contributed by atoms with van der Waals surface area (Å²) in [5.41, 5.74) is -0.0333. The maximum absolute atomic E-state index is 12.9. The van der Waals surface area contributed by atoms with E-state index in [1.54, 1.807) is 11.4 Å². The third-order valence-electron chi connectivity index (χ3n) is 5.24. The summed E-state index contributed by atoms with van der Waals surface area (Å²) in [5.74, 6) is 0. The molecule has 6 nitrogen and oxygen atoms in total. The van der Waals surface area contributed by atoms with Crippen LogP contribution >= 0.6 is 11.6 Å². The second-order valence-electron chi connectivity index (χ2n) is 6.99. The summed E-state index contributed by atoms with van der Waals surface area (Å²) in [7, 11) is 0.160. The average molecular weight is 333 g/mol. The maximum atomic E-state index is 12.9. The number of aromatic nitrogens is 2. The number of nitrogens with zero attached hydrogens (tertiary/aromatic N) is 4. The van der Waals surface area contributed by atoms with E-state index in [1.165, 1.54) is 10.8 Å². The van der Waals surface area contributed by atoms with Gasteiger partial charge in [-0.15, -0.1) is 0 Å². The first-order valence-corrected chi connectivity index (χ1v) is 8.77. The molecule has 0 bridgehead atoms. The van der Waals surface area contributed by atoms with E-state index in [9.17, 15) is 8.42 Å². The molecule has 1 aromatic heterocycles. The highest BCUT2D eigenvalue weighted by molar-refractivity contribution is 7.89. The Morgan fingerprint density at radius 1 is 1.14 bits per heavy atom. The highest BCUT2D eigenvalue weighted by atomic mass is 35.5. The number of hydrogen-bond donors (Lipinski definition) is 0. The topological polar surface area (TPSA) is 58.4 Å². The van der Waals surface area contributed by atoms with Crippen molar-refractivity contribution < 1.29 is 8.42 Å². The molecule has 0 radical (unpaired) electrons. The summed E-state index contributed by atoms with van der Waals surface area (Å²) in [6, 6.07) is 0. The van der Waals surface area contributed by atoms with E-state index in [2.05, 4.69) is 30.8 Å². The van der Waals surface area contributed by atoms with Gasteiger partial charge >= 0.3 is 0 Å². The van der Waals surface area contributed by atoms with Gasteiger partial charge in [0, 0.05) is 44.1 Å². The second-order valence-corrected chi connectivity index (χ2v) is 9.21. The van der Waals surface area contributed by atoms with E-state index in [4.69, 9.17) is 11.6 Å². The van der Waals surface area contributed by atoms with Crippen LogP contribution < -0.4 is 0 Å². The fourth-order valence-corrected chi connectivity index (χ4v) is 5.84. The number of sulfonamides is 1. The predicted octanol–water partition coefficient (Wildman–Crippen LogP) is 1.04. The zero-order valence-electron chi connectivity index (χ0n) is 12.8. The lowest BCUT2D eigenvalue weighted by Gasteiger charge is -2.30. The number of halogens is 1. The zero-order valence-corrected chi connectivity index (χ0v) is 14.4. The minimum absolute atomic E-state index is 0.0167. The molecule has 118 valence electrons. The fourth-order valence-electron chi connectivity index (χ4n) is 3.86. The Hall–Kier alpha value is -0.630. The molecule has 3 heterocycles. The Bertz CT molecular complexity index is 668. The molecule has 0 aliphatic carbocycles. The van der Waals surface area contributed by atoms with Gasteiger partial charge in [-0.05, 0) is 18.6 Å². The van der Waals surface area contributed by atoms with Crippen molar-refractivity contribution in [2.75, 3.05) is 33.2 Å². The first-order valence-electron chi connectivity index (χ1n) is 6.95. The van der Waals surface area contributed by atoms with Crippen LogP contribution in [0.5, 0.6) is 0 Å². The Morgan fingerprint density at radius 3 is 2.10 bits per heavy atom. The average Bonchev–Trinajstić information content (AvgIpc) is 2.86. The maximum Gasteiger partial charge on any atom is 0.260 e.